The Labute approximate surface area is 145 Å². The number of ether oxygens (including phenoxy) is 2. The highest BCUT2D eigenvalue weighted by Gasteiger charge is 2.08. The smallest absolute Gasteiger partial charge is 0.241 e. The summed E-state index contributed by atoms with van der Waals surface area (Å²) in [6, 6.07) is 7.29. The van der Waals surface area contributed by atoms with Crippen LogP contribution in [0.4, 0.5) is 0 Å². The second-order valence-electron chi connectivity index (χ2n) is 5.12. The van der Waals surface area contributed by atoms with E-state index in [1.807, 2.05) is 12.1 Å². The molecule has 0 fully saturated rings. The molecular formula is C16H21N5O4. The van der Waals surface area contributed by atoms with Gasteiger partial charge in [-0.15, -0.1) is 5.10 Å². The topological polar surface area (TPSA) is 107 Å². The van der Waals surface area contributed by atoms with Crippen LogP contribution in [0.3, 0.4) is 0 Å². The minimum absolute atomic E-state index is 0.0232. The van der Waals surface area contributed by atoms with Crippen LogP contribution in [0.15, 0.2) is 30.5 Å². The van der Waals surface area contributed by atoms with Crippen molar-refractivity contribution in [3.05, 3.63) is 36.2 Å². The Morgan fingerprint density at radius 2 is 1.96 bits per heavy atom. The minimum Gasteiger partial charge on any atom is -0.493 e. The number of carbonyl (C=O) groups is 2. The predicted molar refractivity (Wildman–Crippen MR) is 89.0 cm³/mol. The Hall–Kier alpha value is -3.10. The second-order valence-corrected chi connectivity index (χ2v) is 5.12. The van der Waals surface area contributed by atoms with Crippen molar-refractivity contribution in [1.29, 1.82) is 0 Å². The highest BCUT2D eigenvalue weighted by molar-refractivity contribution is 5.78. The summed E-state index contributed by atoms with van der Waals surface area (Å²) >= 11 is 0. The summed E-state index contributed by atoms with van der Waals surface area (Å²) in [6.07, 6.45) is 1.87. The number of amides is 2. The predicted octanol–water partition coefficient (Wildman–Crippen LogP) is 0.118. The molecule has 2 rings (SSSR count). The Balaban J connectivity index is 1.79. The number of hydrogen-bond acceptors (Lipinski definition) is 6. The molecule has 0 atom stereocenters. The molecule has 9 nitrogen and oxygen atoms in total. The van der Waals surface area contributed by atoms with Crippen LogP contribution in [0.1, 0.15) is 12.1 Å². The van der Waals surface area contributed by atoms with E-state index in [-0.39, 0.29) is 37.9 Å². The van der Waals surface area contributed by atoms with Crippen molar-refractivity contribution in [3.63, 3.8) is 0 Å². The molecule has 2 aromatic rings. The van der Waals surface area contributed by atoms with Crippen LogP contribution in [-0.4, -0.2) is 47.5 Å². The summed E-state index contributed by atoms with van der Waals surface area (Å²) in [4.78, 5) is 22.9. The first kappa shape index (κ1) is 18.2. The molecule has 25 heavy (non-hydrogen) atoms. The van der Waals surface area contributed by atoms with Crippen LogP contribution >= 0.6 is 0 Å². The van der Waals surface area contributed by atoms with Crippen LogP contribution in [0.25, 0.3) is 0 Å². The van der Waals surface area contributed by atoms with Crippen LogP contribution in [0.2, 0.25) is 0 Å². The highest BCUT2D eigenvalue weighted by Crippen LogP contribution is 2.26. The number of para-hydroxylation sites is 2. The lowest BCUT2D eigenvalue weighted by Crippen LogP contribution is -2.31. The summed E-state index contributed by atoms with van der Waals surface area (Å²) in [5.74, 6) is 0.861. The summed E-state index contributed by atoms with van der Waals surface area (Å²) in [5.41, 5.74) is 0.587. The molecule has 0 aliphatic rings. The van der Waals surface area contributed by atoms with E-state index in [0.717, 1.165) is 0 Å². The zero-order valence-electron chi connectivity index (χ0n) is 14.2. The normalized spacial score (nSPS) is 10.2. The van der Waals surface area contributed by atoms with Crippen molar-refractivity contribution in [3.8, 4) is 11.5 Å². The number of aromatic nitrogens is 3. The Kier molecular flexibility index (Phi) is 6.76. The third-order valence-electron chi connectivity index (χ3n) is 3.29. The number of hydrogen-bond donors (Lipinski definition) is 2. The molecule has 0 saturated carbocycles. The average Bonchev–Trinajstić information content (AvgIpc) is 3.07. The van der Waals surface area contributed by atoms with Crippen molar-refractivity contribution in [2.75, 3.05) is 20.7 Å². The van der Waals surface area contributed by atoms with Gasteiger partial charge in [0.15, 0.2) is 11.5 Å². The summed E-state index contributed by atoms with van der Waals surface area (Å²) in [6.45, 7) is 0.505. The number of nitrogens with one attached hydrogen (secondary N) is 2. The van der Waals surface area contributed by atoms with Gasteiger partial charge in [-0.25, -0.2) is 4.68 Å². The van der Waals surface area contributed by atoms with Crippen molar-refractivity contribution in [1.82, 2.24) is 25.6 Å². The molecule has 2 amide bonds. The van der Waals surface area contributed by atoms with E-state index in [0.29, 0.717) is 17.2 Å². The van der Waals surface area contributed by atoms with Gasteiger partial charge in [0.05, 0.1) is 13.3 Å². The van der Waals surface area contributed by atoms with Gasteiger partial charge in [-0.2, -0.15) is 0 Å². The lowest BCUT2D eigenvalue weighted by Gasteiger charge is -2.08. The zero-order chi connectivity index (χ0) is 18.1. The van der Waals surface area contributed by atoms with Crippen LogP contribution in [-0.2, 0) is 22.7 Å². The molecule has 0 aliphatic heterocycles. The van der Waals surface area contributed by atoms with E-state index in [1.165, 1.54) is 4.68 Å². The van der Waals surface area contributed by atoms with E-state index >= 15 is 0 Å². The quantitative estimate of drug-likeness (QED) is 0.667. The van der Waals surface area contributed by atoms with Gasteiger partial charge in [0, 0.05) is 20.0 Å². The third-order valence-corrected chi connectivity index (χ3v) is 3.29. The van der Waals surface area contributed by atoms with Gasteiger partial charge >= 0.3 is 0 Å². The molecule has 0 radical (unpaired) electrons. The van der Waals surface area contributed by atoms with Crippen molar-refractivity contribution in [2.45, 2.75) is 19.6 Å². The fourth-order valence-electron chi connectivity index (χ4n) is 2.02. The zero-order valence-corrected chi connectivity index (χ0v) is 14.2. The Bertz CT molecular complexity index is 716. The molecule has 0 bridgehead atoms. The van der Waals surface area contributed by atoms with Crippen molar-refractivity contribution >= 4 is 11.8 Å². The summed E-state index contributed by atoms with van der Waals surface area (Å²) in [5, 5.41) is 13.0. The molecule has 2 N–H and O–H groups in total. The number of rotatable bonds is 9. The first-order chi connectivity index (χ1) is 12.1. The fraction of sp³-hybridized carbons (Fsp3) is 0.375. The highest BCUT2D eigenvalue weighted by atomic mass is 16.5. The molecule has 1 aromatic carbocycles. The number of carbonyl (C=O) groups excluding carboxylic acids is 2. The maximum Gasteiger partial charge on any atom is 0.241 e. The van der Waals surface area contributed by atoms with Gasteiger partial charge in [-0.05, 0) is 12.1 Å². The van der Waals surface area contributed by atoms with E-state index in [2.05, 4.69) is 20.9 Å². The van der Waals surface area contributed by atoms with Crippen LogP contribution in [0.5, 0.6) is 11.5 Å². The summed E-state index contributed by atoms with van der Waals surface area (Å²) < 4.78 is 12.3. The molecule has 0 aliphatic carbocycles. The first-order valence-corrected chi connectivity index (χ1v) is 7.74. The van der Waals surface area contributed by atoms with E-state index < -0.39 is 0 Å². The van der Waals surface area contributed by atoms with Crippen LogP contribution in [0, 0.1) is 0 Å². The van der Waals surface area contributed by atoms with Gasteiger partial charge < -0.3 is 20.1 Å². The van der Waals surface area contributed by atoms with Crippen LogP contribution < -0.4 is 20.1 Å². The third kappa shape index (κ3) is 5.79. The molecule has 0 spiro atoms. The monoisotopic (exact) mass is 347 g/mol. The molecular weight excluding hydrogens is 326 g/mol. The molecule has 134 valence electrons. The first-order valence-electron chi connectivity index (χ1n) is 7.74. The van der Waals surface area contributed by atoms with Gasteiger partial charge in [-0.3, -0.25) is 9.59 Å². The standard InChI is InChI=1S/C16H21N5O4/c1-17-15(22)7-8-18-16(23)10-21-9-12(19-20-21)11-25-14-6-4-3-5-13(14)24-2/h3-6,9H,7-8,10-11H2,1-2H3,(H,17,22)(H,18,23). The molecule has 0 unspecified atom stereocenters. The molecule has 1 aromatic heterocycles. The molecule has 9 heteroatoms. The maximum atomic E-state index is 11.8. The Morgan fingerprint density at radius 1 is 1.20 bits per heavy atom. The maximum absolute atomic E-state index is 11.8. The van der Waals surface area contributed by atoms with Gasteiger partial charge in [-0.1, -0.05) is 17.3 Å². The summed E-state index contributed by atoms with van der Waals surface area (Å²) in [7, 11) is 3.12. The lowest BCUT2D eigenvalue weighted by atomic mass is 10.3. The van der Waals surface area contributed by atoms with Gasteiger partial charge in [0.2, 0.25) is 11.8 Å². The Morgan fingerprint density at radius 3 is 2.68 bits per heavy atom. The number of methoxy groups -OCH3 is 1. The molecule has 0 saturated heterocycles. The second kappa shape index (κ2) is 9.26. The van der Waals surface area contributed by atoms with Crippen molar-refractivity contribution in [2.24, 2.45) is 0 Å². The van der Waals surface area contributed by atoms with Gasteiger partial charge in [0.25, 0.3) is 0 Å². The number of nitrogens with zero attached hydrogens (tertiary/aromatic N) is 3. The largest absolute Gasteiger partial charge is 0.493 e. The fourth-order valence-corrected chi connectivity index (χ4v) is 2.02. The minimum atomic E-state index is -0.244. The van der Waals surface area contributed by atoms with E-state index in [4.69, 9.17) is 9.47 Å². The van der Waals surface area contributed by atoms with E-state index in [9.17, 15) is 9.59 Å². The lowest BCUT2D eigenvalue weighted by molar-refractivity contribution is -0.122. The van der Waals surface area contributed by atoms with E-state index in [1.54, 1.807) is 32.5 Å². The molecule has 1 heterocycles. The van der Waals surface area contributed by atoms with Gasteiger partial charge in [0.1, 0.15) is 18.8 Å². The average molecular weight is 347 g/mol. The SMILES string of the molecule is CNC(=O)CCNC(=O)Cn1cc(COc2ccccc2OC)nn1. The number of benzene rings is 1. The van der Waals surface area contributed by atoms with Crippen molar-refractivity contribution < 1.29 is 19.1 Å².